The van der Waals surface area contributed by atoms with Gasteiger partial charge in [0.1, 0.15) is 0 Å². The van der Waals surface area contributed by atoms with Crippen LogP contribution in [0.2, 0.25) is 0 Å². The Hall–Kier alpha value is 0.234. The molecule has 1 aliphatic rings. The molecule has 0 heterocycles. The van der Waals surface area contributed by atoms with Crippen molar-refractivity contribution in [1.29, 1.82) is 0 Å². The Bertz CT molecular complexity index is 32.9. The van der Waals surface area contributed by atoms with Crippen LogP contribution in [0.15, 0.2) is 6.08 Å². The summed E-state index contributed by atoms with van der Waals surface area (Å²) in [5.41, 5.74) is 0. The molecule has 1 heteroatoms. The van der Waals surface area contributed by atoms with Crippen molar-refractivity contribution in [3.8, 4) is 0 Å². The fourth-order valence-corrected chi connectivity index (χ4v) is 0.144. The van der Waals surface area contributed by atoms with Gasteiger partial charge in [-0.3, -0.25) is 6.08 Å². The first-order chi connectivity index (χ1) is 2.00. The molecule has 32 valence electrons. The van der Waals surface area contributed by atoms with Gasteiger partial charge in [-0.2, -0.15) is 6.42 Å². The topological polar surface area (TPSA) is 0 Å². The van der Waals surface area contributed by atoms with E-state index in [9.17, 15) is 0 Å². The molecule has 0 atom stereocenters. The largest absolute Gasteiger partial charge is 0.500 e. The summed E-state index contributed by atoms with van der Waals surface area (Å²) in [4.78, 5) is 0. The molecule has 1 aliphatic carbocycles. The zero-order valence-corrected chi connectivity index (χ0v) is 3.80. The van der Waals surface area contributed by atoms with Crippen LogP contribution in [0.4, 0.5) is 0 Å². The summed E-state index contributed by atoms with van der Waals surface area (Å²) >= 11 is 0. The van der Waals surface area contributed by atoms with E-state index in [-0.39, 0.29) is 16.5 Å². The van der Waals surface area contributed by atoms with Gasteiger partial charge in [0.25, 0.3) is 0 Å². The molecular weight excluding hydrogens is 107 g/mol. The summed E-state index contributed by atoms with van der Waals surface area (Å²) in [5.74, 6) is 0. The SMILES string of the molecule is [C-]1=CCC1.[Ni]. The molecule has 0 aromatic carbocycles. The van der Waals surface area contributed by atoms with Gasteiger partial charge in [0, 0.05) is 16.5 Å². The predicted octanol–water partition coefficient (Wildman–Crippen LogP) is 1.14. The van der Waals surface area contributed by atoms with Gasteiger partial charge < -0.3 is 6.08 Å². The number of hydrogen-bond donors (Lipinski definition) is 0. The summed E-state index contributed by atoms with van der Waals surface area (Å²) in [6.45, 7) is 0. The van der Waals surface area contributed by atoms with Crippen molar-refractivity contribution < 1.29 is 16.5 Å². The van der Waals surface area contributed by atoms with E-state index in [1.165, 1.54) is 12.8 Å². The molecule has 5 heavy (non-hydrogen) atoms. The van der Waals surface area contributed by atoms with Crippen molar-refractivity contribution in [2.75, 3.05) is 0 Å². The van der Waals surface area contributed by atoms with E-state index in [0.29, 0.717) is 0 Å². The average Bonchev–Trinajstić information content (AvgIpc) is 0.722. The molecule has 1 rings (SSSR count). The van der Waals surface area contributed by atoms with Crippen molar-refractivity contribution in [1.82, 2.24) is 0 Å². The van der Waals surface area contributed by atoms with Crippen molar-refractivity contribution in [3.05, 3.63) is 12.2 Å². The smallest absolute Gasteiger partial charge is 0 e. The predicted molar refractivity (Wildman–Crippen MR) is 17.0 cm³/mol. The van der Waals surface area contributed by atoms with Gasteiger partial charge in [0.2, 0.25) is 0 Å². The minimum absolute atomic E-state index is 0. The first-order valence-electron chi connectivity index (χ1n) is 1.55. The first-order valence-corrected chi connectivity index (χ1v) is 1.55. The molecule has 0 unspecified atom stereocenters. The van der Waals surface area contributed by atoms with Crippen LogP contribution in [0.25, 0.3) is 0 Å². The third kappa shape index (κ3) is 1.18. The molecule has 0 aromatic rings. The summed E-state index contributed by atoms with van der Waals surface area (Å²) < 4.78 is 0. The van der Waals surface area contributed by atoms with Gasteiger partial charge >= 0.3 is 0 Å². The minimum atomic E-state index is 0. The van der Waals surface area contributed by atoms with Gasteiger partial charge in [-0.1, -0.05) is 6.42 Å². The second kappa shape index (κ2) is 2.47. The molecule has 0 N–H and O–H groups in total. The van der Waals surface area contributed by atoms with Crippen LogP contribution in [-0.2, 0) is 16.5 Å². The Morgan fingerprint density at radius 1 is 1.60 bits per heavy atom. The zero-order chi connectivity index (χ0) is 2.83. The molecule has 0 aromatic heterocycles. The van der Waals surface area contributed by atoms with Crippen LogP contribution in [0, 0.1) is 6.08 Å². The van der Waals surface area contributed by atoms with Crippen molar-refractivity contribution >= 4 is 0 Å². The standard InChI is InChI=1S/C4H5.Ni/c1-2-4-3-1;/h1H,2,4H2;/q-1;. The van der Waals surface area contributed by atoms with E-state index in [1.807, 2.05) is 0 Å². The third-order valence-electron chi connectivity index (χ3n) is 0.577. The molecule has 0 aliphatic heterocycles. The Morgan fingerprint density at radius 3 is 1.80 bits per heavy atom. The molecular formula is C4H5Ni-. The van der Waals surface area contributed by atoms with E-state index >= 15 is 0 Å². The van der Waals surface area contributed by atoms with Crippen molar-refractivity contribution in [3.63, 3.8) is 0 Å². The maximum absolute atomic E-state index is 2.99. The minimum Gasteiger partial charge on any atom is -0.500 e. The third-order valence-corrected chi connectivity index (χ3v) is 0.577. The molecule has 0 bridgehead atoms. The zero-order valence-electron chi connectivity index (χ0n) is 2.81. The summed E-state index contributed by atoms with van der Waals surface area (Å²) in [5, 5.41) is 0. The number of allylic oxidation sites excluding steroid dienone is 2. The fourth-order valence-electron chi connectivity index (χ4n) is 0.144. The van der Waals surface area contributed by atoms with Crippen LogP contribution < -0.4 is 0 Å². The summed E-state index contributed by atoms with van der Waals surface area (Å²) in [6.07, 6.45) is 7.50. The van der Waals surface area contributed by atoms with Gasteiger partial charge in [-0.25, -0.2) is 0 Å². The number of rotatable bonds is 0. The molecule has 0 radical (unpaired) electrons. The average molecular weight is 112 g/mol. The quantitative estimate of drug-likeness (QED) is 0.325. The first kappa shape index (κ1) is 5.23. The molecule has 0 spiro atoms. The Balaban J connectivity index is 0.000000160. The summed E-state index contributed by atoms with van der Waals surface area (Å²) in [6, 6.07) is 0. The molecule has 0 saturated heterocycles. The van der Waals surface area contributed by atoms with E-state index in [4.69, 9.17) is 0 Å². The van der Waals surface area contributed by atoms with Gasteiger partial charge in [-0.15, -0.1) is 0 Å². The number of hydrogen-bond acceptors (Lipinski definition) is 0. The van der Waals surface area contributed by atoms with Crippen LogP contribution in [0.5, 0.6) is 0 Å². The molecule has 0 nitrogen and oxygen atoms in total. The van der Waals surface area contributed by atoms with E-state index in [1.54, 1.807) is 0 Å². The second-order valence-corrected chi connectivity index (χ2v) is 0.947. The van der Waals surface area contributed by atoms with Crippen molar-refractivity contribution in [2.24, 2.45) is 0 Å². The summed E-state index contributed by atoms with van der Waals surface area (Å²) in [7, 11) is 0. The monoisotopic (exact) mass is 111 g/mol. The Kier molecular flexibility index (Phi) is 2.59. The second-order valence-electron chi connectivity index (χ2n) is 0.947. The maximum Gasteiger partial charge on any atom is 0 e. The fraction of sp³-hybridized carbons (Fsp3) is 0.500. The van der Waals surface area contributed by atoms with E-state index < -0.39 is 0 Å². The van der Waals surface area contributed by atoms with Crippen LogP contribution in [0.3, 0.4) is 0 Å². The van der Waals surface area contributed by atoms with Gasteiger partial charge in [0.15, 0.2) is 0 Å². The molecule has 0 saturated carbocycles. The molecule has 0 fully saturated rings. The normalized spacial score (nSPS) is 16.0. The van der Waals surface area contributed by atoms with E-state index in [2.05, 4.69) is 12.2 Å². The van der Waals surface area contributed by atoms with Crippen LogP contribution in [0.1, 0.15) is 12.8 Å². The molecule has 0 amide bonds. The Labute approximate surface area is 42.2 Å². The van der Waals surface area contributed by atoms with E-state index in [0.717, 1.165) is 0 Å². The van der Waals surface area contributed by atoms with Crippen LogP contribution >= 0.6 is 0 Å². The Morgan fingerprint density at radius 2 is 1.80 bits per heavy atom. The van der Waals surface area contributed by atoms with Crippen LogP contribution in [-0.4, -0.2) is 0 Å². The maximum atomic E-state index is 2.99. The van der Waals surface area contributed by atoms with Crippen molar-refractivity contribution in [2.45, 2.75) is 12.8 Å². The van der Waals surface area contributed by atoms with Gasteiger partial charge in [-0.05, 0) is 0 Å². The van der Waals surface area contributed by atoms with Gasteiger partial charge in [0.05, 0.1) is 0 Å².